The van der Waals surface area contributed by atoms with E-state index in [0.717, 1.165) is 61.5 Å². The number of ether oxygens (including phenoxy) is 2. The van der Waals surface area contributed by atoms with E-state index in [4.69, 9.17) is 14.3 Å². The Labute approximate surface area is 196 Å². The van der Waals surface area contributed by atoms with Gasteiger partial charge in [-0.15, -0.1) is 5.06 Å². The molecular formula is C26H35N3O4. The molecule has 0 radical (unpaired) electrons. The minimum absolute atomic E-state index is 0.0620. The van der Waals surface area contributed by atoms with Gasteiger partial charge < -0.3 is 19.2 Å². The second kappa shape index (κ2) is 10.0. The maximum absolute atomic E-state index is 12.5. The van der Waals surface area contributed by atoms with Gasteiger partial charge in [0.05, 0.1) is 20.8 Å². The number of fused-ring (bicyclic) bond motifs is 1. The van der Waals surface area contributed by atoms with Gasteiger partial charge >= 0.3 is 0 Å². The predicted molar refractivity (Wildman–Crippen MR) is 128 cm³/mol. The summed E-state index contributed by atoms with van der Waals surface area (Å²) in [6.45, 7) is 5.83. The van der Waals surface area contributed by atoms with Crippen molar-refractivity contribution in [3.05, 3.63) is 53.1 Å². The SMILES string of the molecule is COc1ccc2c(c1OC)ON(C(C)C1CCN(Cc3ccccc3C(=O)N(C)C)CC1)C2. The van der Waals surface area contributed by atoms with Crippen LogP contribution in [0.2, 0.25) is 0 Å². The summed E-state index contributed by atoms with van der Waals surface area (Å²) >= 11 is 0. The van der Waals surface area contributed by atoms with Crippen LogP contribution in [0.5, 0.6) is 17.2 Å². The van der Waals surface area contributed by atoms with Crippen molar-refractivity contribution in [3.63, 3.8) is 0 Å². The zero-order valence-electron chi connectivity index (χ0n) is 20.3. The van der Waals surface area contributed by atoms with Crippen LogP contribution in [-0.2, 0) is 13.1 Å². The van der Waals surface area contributed by atoms with E-state index in [9.17, 15) is 4.79 Å². The highest BCUT2D eigenvalue weighted by atomic mass is 16.7. The van der Waals surface area contributed by atoms with Crippen LogP contribution < -0.4 is 14.3 Å². The van der Waals surface area contributed by atoms with Gasteiger partial charge in [0.2, 0.25) is 5.75 Å². The van der Waals surface area contributed by atoms with Crippen molar-refractivity contribution in [3.8, 4) is 17.2 Å². The monoisotopic (exact) mass is 453 g/mol. The van der Waals surface area contributed by atoms with Crippen molar-refractivity contribution in [1.29, 1.82) is 0 Å². The van der Waals surface area contributed by atoms with Gasteiger partial charge in [0.25, 0.3) is 5.91 Å². The Morgan fingerprint density at radius 1 is 1.12 bits per heavy atom. The van der Waals surface area contributed by atoms with E-state index in [1.807, 2.05) is 24.3 Å². The molecule has 1 atom stereocenters. The van der Waals surface area contributed by atoms with Crippen LogP contribution in [-0.4, -0.2) is 68.2 Å². The lowest BCUT2D eigenvalue weighted by molar-refractivity contribution is -0.101. The molecule has 1 saturated heterocycles. The molecule has 0 saturated carbocycles. The minimum atomic E-state index is 0.0620. The van der Waals surface area contributed by atoms with E-state index in [0.29, 0.717) is 17.4 Å². The van der Waals surface area contributed by atoms with Crippen LogP contribution in [0, 0.1) is 5.92 Å². The Bertz CT molecular complexity index is 985. The minimum Gasteiger partial charge on any atom is -0.493 e. The molecule has 0 N–H and O–H groups in total. The molecule has 1 unspecified atom stereocenters. The Kier molecular flexibility index (Phi) is 7.10. The highest BCUT2D eigenvalue weighted by molar-refractivity contribution is 5.95. The number of amides is 1. The van der Waals surface area contributed by atoms with Crippen LogP contribution in [0.1, 0.15) is 41.3 Å². The Hall–Kier alpha value is -2.77. The summed E-state index contributed by atoms with van der Waals surface area (Å²) in [5.74, 6) is 2.72. The molecule has 1 amide bonds. The summed E-state index contributed by atoms with van der Waals surface area (Å²) < 4.78 is 11.0. The van der Waals surface area contributed by atoms with Gasteiger partial charge in [0.1, 0.15) is 0 Å². The molecular weight excluding hydrogens is 418 g/mol. The second-order valence-electron chi connectivity index (χ2n) is 9.17. The number of hydrogen-bond acceptors (Lipinski definition) is 6. The second-order valence-corrected chi connectivity index (χ2v) is 9.17. The summed E-state index contributed by atoms with van der Waals surface area (Å²) in [7, 11) is 6.89. The van der Waals surface area contributed by atoms with Gasteiger partial charge in [-0.2, -0.15) is 0 Å². The number of carbonyl (C=O) groups is 1. The smallest absolute Gasteiger partial charge is 0.253 e. The molecule has 2 aromatic carbocycles. The first-order chi connectivity index (χ1) is 15.9. The van der Waals surface area contributed by atoms with Crippen molar-refractivity contribution in [2.45, 2.75) is 38.9 Å². The number of piperidine rings is 1. The van der Waals surface area contributed by atoms with Gasteiger partial charge in [0, 0.05) is 37.8 Å². The van der Waals surface area contributed by atoms with Crippen LogP contribution in [0.4, 0.5) is 0 Å². The Balaban J connectivity index is 1.36. The first-order valence-electron chi connectivity index (χ1n) is 11.6. The normalized spacial score (nSPS) is 17.8. The maximum atomic E-state index is 12.5. The van der Waals surface area contributed by atoms with Gasteiger partial charge in [-0.25, -0.2) is 0 Å². The van der Waals surface area contributed by atoms with E-state index >= 15 is 0 Å². The van der Waals surface area contributed by atoms with Gasteiger partial charge in [-0.1, -0.05) is 18.2 Å². The molecule has 1 fully saturated rings. The molecule has 2 aliphatic heterocycles. The third-order valence-electron chi connectivity index (χ3n) is 6.93. The van der Waals surface area contributed by atoms with Gasteiger partial charge in [0.15, 0.2) is 11.5 Å². The molecule has 4 rings (SSSR count). The highest BCUT2D eigenvalue weighted by Crippen LogP contribution is 2.45. The molecule has 7 heteroatoms. The van der Waals surface area contributed by atoms with Crippen LogP contribution >= 0.6 is 0 Å². The van der Waals surface area contributed by atoms with E-state index in [1.54, 1.807) is 33.2 Å². The van der Waals surface area contributed by atoms with Crippen LogP contribution in [0.15, 0.2) is 36.4 Å². The molecule has 0 aliphatic carbocycles. The van der Waals surface area contributed by atoms with Crippen molar-refractivity contribution in [1.82, 2.24) is 14.9 Å². The third kappa shape index (κ3) is 4.80. The lowest BCUT2D eigenvalue weighted by atomic mass is 9.89. The van der Waals surface area contributed by atoms with Gasteiger partial charge in [-0.3, -0.25) is 9.69 Å². The summed E-state index contributed by atoms with van der Waals surface area (Å²) in [6.07, 6.45) is 2.20. The summed E-state index contributed by atoms with van der Waals surface area (Å²) in [5.41, 5.74) is 3.02. The van der Waals surface area contributed by atoms with Crippen molar-refractivity contribution in [2.24, 2.45) is 5.92 Å². The molecule has 0 spiro atoms. The molecule has 0 aromatic heterocycles. The van der Waals surface area contributed by atoms with Crippen molar-refractivity contribution >= 4 is 5.91 Å². The number of benzene rings is 2. The summed E-state index contributed by atoms with van der Waals surface area (Å²) in [6, 6.07) is 12.2. The fourth-order valence-corrected chi connectivity index (χ4v) is 4.89. The number of methoxy groups -OCH3 is 2. The predicted octanol–water partition coefficient (Wildman–Crippen LogP) is 3.82. The third-order valence-corrected chi connectivity index (χ3v) is 6.93. The number of carbonyl (C=O) groups excluding carboxylic acids is 1. The van der Waals surface area contributed by atoms with Crippen molar-refractivity contribution in [2.75, 3.05) is 41.4 Å². The summed E-state index contributed by atoms with van der Waals surface area (Å²) in [5, 5.41) is 2.08. The van der Waals surface area contributed by atoms with E-state index in [1.165, 1.54) is 0 Å². The topological polar surface area (TPSA) is 54.5 Å². The number of hydrogen-bond donors (Lipinski definition) is 0. The fraction of sp³-hybridized carbons (Fsp3) is 0.500. The summed E-state index contributed by atoms with van der Waals surface area (Å²) in [4.78, 5) is 22.9. The molecule has 7 nitrogen and oxygen atoms in total. The molecule has 178 valence electrons. The number of hydroxylamine groups is 2. The quantitative estimate of drug-likeness (QED) is 0.635. The maximum Gasteiger partial charge on any atom is 0.253 e. The lowest BCUT2D eigenvalue weighted by Crippen LogP contribution is -2.43. The van der Waals surface area contributed by atoms with E-state index in [2.05, 4.69) is 29.0 Å². The average Bonchev–Trinajstić information content (AvgIpc) is 3.27. The van der Waals surface area contributed by atoms with E-state index < -0.39 is 0 Å². The largest absolute Gasteiger partial charge is 0.493 e. The number of rotatable bonds is 7. The van der Waals surface area contributed by atoms with E-state index in [-0.39, 0.29) is 11.9 Å². The highest BCUT2D eigenvalue weighted by Gasteiger charge is 2.35. The molecule has 2 aromatic rings. The van der Waals surface area contributed by atoms with Gasteiger partial charge in [-0.05, 0) is 62.5 Å². The molecule has 2 aliphatic rings. The Morgan fingerprint density at radius 3 is 2.52 bits per heavy atom. The zero-order valence-corrected chi connectivity index (χ0v) is 20.3. The average molecular weight is 454 g/mol. The number of likely N-dealkylation sites (tertiary alicyclic amines) is 1. The van der Waals surface area contributed by atoms with Crippen LogP contribution in [0.25, 0.3) is 0 Å². The molecule has 0 bridgehead atoms. The standard InChI is InChI=1S/C26H35N3O4/c1-18(29-17-21-10-11-23(31-4)25(32-5)24(21)33-29)19-12-14-28(15-13-19)16-20-8-6-7-9-22(20)26(30)27(2)3/h6-11,18-19H,12-17H2,1-5H3. The van der Waals surface area contributed by atoms with Crippen molar-refractivity contribution < 1.29 is 19.1 Å². The number of nitrogens with zero attached hydrogens (tertiary/aromatic N) is 3. The zero-order chi connectivity index (χ0) is 23.5. The lowest BCUT2D eigenvalue weighted by Gasteiger charge is -2.37. The molecule has 2 heterocycles. The Morgan fingerprint density at radius 2 is 1.85 bits per heavy atom. The first-order valence-corrected chi connectivity index (χ1v) is 11.6. The first kappa shape index (κ1) is 23.4. The molecule has 33 heavy (non-hydrogen) atoms. The fourth-order valence-electron chi connectivity index (χ4n) is 4.89. The van der Waals surface area contributed by atoms with Crippen LogP contribution in [0.3, 0.4) is 0 Å².